The quantitative estimate of drug-likeness (QED) is 0.919. The molecule has 0 fully saturated rings. The molecule has 0 radical (unpaired) electrons. The van der Waals surface area contributed by atoms with Crippen molar-refractivity contribution in [3.63, 3.8) is 0 Å². The standard InChI is InChI=1S/C13H11ClO3S/c14-10-6-12-11(16-2-3-17-12)5-9(10)13(15)8-1-4-18-7-8/h1,4-7,13,15H,2-3H2. The van der Waals surface area contributed by atoms with Crippen LogP contribution in [0.4, 0.5) is 0 Å². The Labute approximate surface area is 114 Å². The number of aliphatic hydroxyl groups is 1. The van der Waals surface area contributed by atoms with Crippen LogP contribution in [0.25, 0.3) is 0 Å². The summed E-state index contributed by atoms with van der Waals surface area (Å²) in [5.74, 6) is 1.27. The molecule has 94 valence electrons. The van der Waals surface area contributed by atoms with Crippen LogP contribution >= 0.6 is 22.9 Å². The van der Waals surface area contributed by atoms with E-state index in [2.05, 4.69) is 0 Å². The first-order valence-corrected chi connectivity index (χ1v) is 6.87. The number of thiophene rings is 1. The van der Waals surface area contributed by atoms with Crippen molar-refractivity contribution in [3.8, 4) is 11.5 Å². The van der Waals surface area contributed by atoms with Crippen LogP contribution in [0.1, 0.15) is 17.2 Å². The van der Waals surface area contributed by atoms with E-state index in [1.165, 1.54) is 11.3 Å². The van der Waals surface area contributed by atoms with Crippen LogP contribution in [0, 0.1) is 0 Å². The van der Waals surface area contributed by atoms with E-state index in [-0.39, 0.29) is 0 Å². The van der Waals surface area contributed by atoms with Gasteiger partial charge in [0, 0.05) is 11.6 Å². The van der Waals surface area contributed by atoms with E-state index < -0.39 is 6.10 Å². The fourth-order valence-corrected chi connectivity index (χ4v) is 2.84. The van der Waals surface area contributed by atoms with E-state index in [0.29, 0.717) is 35.3 Å². The van der Waals surface area contributed by atoms with E-state index in [1.807, 2.05) is 16.8 Å². The van der Waals surface area contributed by atoms with Gasteiger partial charge >= 0.3 is 0 Å². The molecule has 1 aromatic carbocycles. The predicted octanol–water partition coefficient (Wildman–Crippen LogP) is 3.25. The molecule has 0 amide bonds. The Bertz CT molecular complexity index is 554. The fraction of sp³-hybridized carbons (Fsp3) is 0.231. The summed E-state index contributed by atoms with van der Waals surface area (Å²) < 4.78 is 10.9. The van der Waals surface area contributed by atoms with Crippen molar-refractivity contribution in [1.82, 2.24) is 0 Å². The molecule has 1 unspecified atom stereocenters. The molecule has 5 heteroatoms. The van der Waals surface area contributed by atoms with Crippen LogP contribution in [-0.2, 0) is 0 Å². The summed E-state index contributed by atoms with van der Waals surface area (Å²) in [6, 6.07) is 5.32. The minimum Gasteiger partial charge on any atom is -0.486 e. The molecular formula is C13H11ClO3S. The SMILES string of the molecule is OC(c1ccsc1)c1cc2c(cc1Cl)OCCO2. The van der Waals surface area contributed by atoms with Crippen molar-refractivity contribution in [2.24, 2.45) is 0 Å². The molecular weight excluding hydrogens is 272 g/mol. The first-order chi connectivity index (χ1) is 8.75. The highest BCUT2D eigenvalue weighted by Crippen LogP contribution is 2.39. The monoisotopic (exact) mass is 282 g/mol. The van der Waals surface area contributed by atoms with Crippen LogP contribution < -0.4 is 9.47 Å². The lowest BCUT2D eigenvalue weighted by atomic mass is 10.0. The number of benzene rings is 1. The molecule has 1 aliphatic rings. The van der Waals surface area contributed by atoms with Crippen molar-refractivity contribution < 1.29 is 14.6 Å². The number of halogens is 1. The van der Waals surface area contributed by atoms with Crippen molar-refractivity contribution in [1.29, 1.82) is 0 Å². The highest BCUT2D eigenvalue weighted by molar-refractivity contribution is 7.08. The Hall–Kier alpha value is -1.23. The molecule has 0 spiro atoms. The van der Waals surface area contributed by atoms with Gasteiger partial charge in [0.15, 0.2) is 11.5 Å². The number of ether oxygens (including phenoxy) is 2. The largest absolute Gasteiger partial charge is 0.486 e. The average Bonchev–Trinajstić information content (AvgIpc) is 2.91. The van der Waals surface area contributed by atoms with Crippen molar-refractivity contribution in [3.05, 3.63) is 45.1 Å². The Kier molecular flexibility index (Phi) is 3.16. The second-order valence-corrected chi connectivity index (χ2v) is 5.16. The van der Waals surface area contributed by atoms with Crippen LogP contribution in [0.2, 0.25) is 5.02 Å². The second-order valence-electron chi connectivity index (χ2n) is 3.98. The topological polar surface area (TPSA) is 38.7 Å². The Morgan fingerprint density at radius 2 is 1.94 bits per heavy atom. The van der Waals surface area contributed by atoms with Gasteiger partial charge in [-0.2, -0.15) is 11.3 Å². The molecule has 1 aliphatic heterocycles. The van der Waals surface area contributed by atoms with E-state index >= 15 is 0 Å². The van der Waals surface area contributed by atoms with Crippen LogP contribution in [0.5, 0.6) is 11.5 Å². The van der Waals surface area contributed by atoms with Gasteiger partial charge in [-0.3, -0.25) is 0 Å². The Morgan fingerprint density at radius 3 is 2.61 bits per heavy atom. The fourth-order valence-electron chi connectivity index (χ4n) is 1.90. The number of rotatable bonds is 2. The van der Waals surface area contributed by atoms with Gasteiger partial charge in [-0.05, 0) is 28.5 Å². The average molecular weight is 283 g/mol. The molecule has 0 bridgehead atoms. The van der Waals surface area contributed by atoms with Gasteiger partial charge < -0.3 is 14.6 Å². The zero-order chi connectivity index (χ0) is 12.5. The van der Waals surface area contributed by atoms with E-state index in [1.54, 1.807) is 12.1 Å². The first-order valence-electron chi connectivity index (χ1n) is 5.55. The van der Waals surface area contributed by atoms with Gasteiger partial charge in [-0.15, -0.1) is 0 Å². The lowest BCUT2D eigenvalue weighted by Gasteiger charge is -2.21. The molecule has 1 atom stereocenters. The summed E-state index contributed by atoms with van der Waals surface area (Å²) in [6.07, 6.45) is -0.737. The third-order valence-corrected chi connectivity index (χ3v) is 3.84. The molecule has 0 saturated carbocycles. The lowest BCUT2D eigenvalue weighted by molar-refractivity contribution is 0.169. The van der Waals surface area contributed by atoms with E-state index in [9.17, 15) is 5.11 Å². The number of hydrogen-bond acceptors (Lipinski definition) is 4. The minimum absolute atomic E-state index is 0.484. The maximum Gasteiger partial charge on any atom is 0.162 e. The molecule has 3 nitrogen and oxygen atoms in total. The maximum atomic E-state index is 10.3. The van der Waals surface area contributed by atoms with Crippen LogP contribution in [-0.4, -0.2) is 18.3 Å². The van der Waals surface area contributed by atoms with Gasteiger partial charge in [-0.25, -0.2) is 0 Å². The second kappa shape index (κ2) is 4.80. The molecule has 0 saturated heterocycles. The Morgan fingerprint density at radius 1 is 1.22 bits per heavy atom. The summed E-state index contributed by atoms with van der Waals surface area (Å²) in [5.41, 5.74) is 1.47. The number of aliphatic hydroxyl groups excluding tert-OH is 1. The van der Waals surface area contributed by atoms with Crippen molar-refractivity contribution >= 4 is 22.9 Å². The zero-order valence-corrected chi connectivity index (χ0v) is 11.0. The van der Waals surface area contributed by atoms with Gasteiger partial charge in [0.05, 0.1) is 5.02 Å². The zero-order valence-electron chi connectivity index (χ0n) is 9.43. The number of fused-ring (bicyclic) bond motifs is 1. The summed E-state index contributed by atoms with van der Waals surface area (Å²) in [6.45, 7) is 1.04. The van der Waals surface area contributed by atoms with E-state index in [0.717, 1.165) is 5.56 Å². The third kappa shape index (κ3) is 2.07. The van der Waals surface area contributed by atoms with Gasteiger partial charge in [0.25, 0.3) is 0 Å². The number of hydrogen-bond donors (Lipinski definition) is 1. The maximum absolute atomic E-state index is 10.3. The van der Waals surface area contributed by atoms with E-state index in [4.69, 9.17) is 21.1 Å². The van der Waals surface area contributed by atoms with Gasteiger partial charge in [0.1, 0.15) is 19.3 Å². The smallest absolute Gasteiger partial charge is 0.162 e. The van der Waals surface area contributed by atoms with Gasteiger partial charge in [0.2, 0.25) is 0 Å². The summed E-state index contributed by atoms with van der Waals surface area (Å²) in [4.78, 5) is 0. The van der Waals surface area contributed by atoms with Gasteiger partial charge in [-0.1, -0.05) is 11.6 Å². The summed E-state index contributed by atoms with van der Waals surface area (Å²) in [7, 11) is 0. The molecule has 3 rings (SSSR count). The minimum atomic E-state index is -0.737. The first kappa shape index (κ1) is 11.8. The molecule has 1 aromatic heterocycles. The van der Waals surface area contributed by atoms with Crippen LogP contribution in [0.15, 0.2) is 29.0 Å². The summed E-state index contributed by atoms with van der Waals surface area (Å²) >= 11 is 7.72. The molecule has 18 heavy (non-hydrogen) atoms. The highest BCUT2D eigenvalue weighted by Gasteiger charge is 2.20. The highest BCUT2D eigenvalue weighted by atomic mass is 35.5. The molecule has 0 aliphatic carbocycles. The third-order valence-electron chi connectivity index (χ3n) is 2.82. The molecule has 2 heterocycles. The van der Waals surface area contributed by atoms with Crippen molar-refractivity contribution in [2.45, 2.75) is 6.10 Å². The molecule has 2 aromatic rings. The lowest BCUT2D eigenvalue weighted by Crippen LogP contribution is -2.16. The predicted molar refractivity (Wildman–Crippen MR) is 70.8 cm³/mol. The van der Waals surface area contributed by atoms with Crippen LogP contribution in [0.3, 0.4) is 0 Å². The normalized spacial score (nSPS) is 15.4. The Balaban J connectivity index is 2.01. The van der Waals surface area contributed by atoms with Crippen molar-refractivity contribution in [2.75, 3.05) is 13.2 Å². The molecule has 1 N–H and O–H groups in total. The summed E-state index contributed by atoms with van der Waals surface area (Å²) in [5, 5.41) is 14.6.